The number of allylic oxidation sites excluding steroid dienone is 1. The number of amides is 1. The minimum atomic E-state index is -0.397. The van der Waals surface area contributed by atoms with Gasteiger partial charge in [-0.2, -0.15) is 0 Å². The molecule has 0 bridgehead atoms. The molecule has 0 aromatic carbocycles. The van der Waals surface area contributed by atoms with E-state index in [-0.39, 0.29) is 11.8 Å². The molecule has 0 saturated heterocycles. The van der Waals surface area contributed by atoms with E-state index in [1.807, 2.05) is 20.8 Å². The minimum absolute atomic E-state index is 0.109. The Bertz CT molecular complexity index is 166. The highest BCUT2D eigenvalue weighted by molar-refractivity contribution is 5.82. The number of carbonyl (C=O) groups is 1. The van der Waals surface area contributed by atoms with Gasteiger partial charge in [0.05, 0.1) is 6.04 Å². The number of hydrogen-bond donors (Lipinski definition) is 2. The van der Waals surface area contributed by atoms with Gasteiger partial charge in [-0.3, -0.25) is 4.79 Å². The van der Waals surface area contributed by atoms with E-state index in [0.29, 0.717) is 0 Å². The molecule has 0 heterocycles. The summed E-state index contributed by atoms with van der Waals surface area (Å²) in [7, 11) is 0. The third kappa shape index (κ3) is 3.53. The summed E-state index contributed by atoms with van der Waals surface area (Å²) < 4.78 is 0. The Morgan fingerprint density at radius 2 is 2.25 bits per heavy atom. The van der Waals surface area contributed by atoms with Gasteiger partial charge >= 0.3 is 0 Å². The van der Waals surface area contributed by atoms with Crippen molar-refractivity contribution in [1.82, 2.24) is 5.32 Å². The Labute approximate surface area is 74.0 Å². The molecule has 0 rings (SSSR count). The van der Waals surface area contributed by atoms with Crippen LogP contribution in [-0.2, 0) is 4.79 Å². The summed E-state index contributed by atoms with van der Waals surface area (Å²) in [6, 6.07) is -0.397. The summed E-state index contributed by atoms with van der Waals surface area (Å²) in [5.74, 6) is 0.123. The van der Waals surface area contributed by atoms with Gasteiger partial charge in [0, 0.05) is 0 Å². The van der Waals surface area contributed by atoms with Crippen molar-refractivity contribution in [3.8, 4) is 0 Å². The SMILES string of the molecule is C/C=C/NC(=O)[C@@H](N)[C@@H](C)CC. The summed E-state index contributed by atoms with van der Waals surface area (Å²) >= 11 is 0. The van der Waals surface area contributed by atoms with Crippen molar-refractivity contribution >= 4 is 5.91 Å². The van der Waals surface area contributed by atoms with Gasteiger partial charge in [0.25, 0.3) is 0 Å². The molecular formula is C9H18N2O. The lowest BCUT2D eigenvalue weighted by atomic mass is 10.00. The molecule has 0 aliphatic carbocycles. The summed E-state index contributed by atoms with van der Waals surface area (Å²) in [6.45, 7) is 5.84. The highest BCUT2D eigenvalue weighted by Crippen LogP contribution is 2.04. The van der Waals surface area contributed by atoms with E-state index in [0.717, 1.165) is 6.42 Å². The molecule has 3 nitrogen and oxygen atoms in total. The molecule has 0 spiro atoms. The number of nitrogens with one attached hydrogen (secondary N) is 1. The zero-order chi connectivity index (χ0) is 9.56. The van der Waals surface area contributed by atoms with Gasteiger partial charge in [0.1, 0.15) is 0 Å². The minimum Gasteiger partial charge on any atom is -0.332 e. The number of nitrogens with two attached hydrogens (primary N) is 1. The summed E-state index contributed by atoms with van der Waals surface area (Å²) in [5, 5.41) is 2.60. The van der Waals surface area contributed by atoms with Gasteiger partial charge in [-0.1, -0.05) is 26.3 Å². The largest absolute Gasteiger partial charge is 0.332 e. The Morgan fingerprint density at radius 3 is 2.67 bits per heavy atom. The van der Waals surface area contributed by atoms with Crippen molar-refractivity contribution in [3.63, 3.8) is 0 Å². The molecule has 2 atom stereocenters. The molecule has 0 fully saturated rings. The van der Waals surface area contributed by atoms with Crippen molar-refractivity contribution in [2.45, 2.75) is 33.2 Å². The molecular weight excluding hydrogens is 152 g/mol. The second kappa shape index (κ2) is 5.77. The van der Waals surface area contributed by atoms with Gasteiger partial charge in [0.2, 0.25) is 5.91 Å². The van der Waals surface area contributed by atoms with Crippen molar-refractivity contribution < 1.29 is 4.79 Å². The molecule has 0 aromatic heterocycles. The summed E-state index contributed by atoms with van der Waals surface area (Å²) in [6.07, 6.45) is 4.29. The van der Waals surface area contributed by atoms with Crippen LogP contribution in [0.5, 0.6) is 0 Å². The van der Waals surface area contributed by atoms with Gasteiger partial charge in [-0.15, -0.1) is 0 Å². The van der Waals surface area contributed by atoms with Crippen LogP contribution in [0.4, 0.5) is 0 Å². The first-order chi connectivity index (χ1) is 5.63. The number of hydrogen-bond acceptors (Lipinski definition) is 2. The number of carbonyl (C=O) groups excluding carboxylic acids is 1. The smallest absolute Gasteiger partial charge is 0.241 e. The van der Waals surface area contributed by atoms with E-state index in [2.05, 4.69) is 5.32 Å². The van der Waals surface area contributed by atoms with Crippen LogP contribution in [-0.4, -0.2) is 11.9 Å². The molecule has 0 saturated carbocycles. The van der Waals surface area contributed by atoms with Crippen molar-refractivity contribution in [2.24, 2.45) is 11.7 Å². The van der Waals surface area contributed by atoms with Gasteiger partial charge < -0.3 is 11.1 Å². The predicted octanol–water partition coefficient (Wildman–Crippen LogP) is 1.01. The Hall–Kier alpha value is -0.830. The van der Waals surface area contributed by atoms with Gasteiger partial charge in [-0.25, -0.2) is 0 Å². The summed E-state index contributed by atoms with van der Waals surface area (Å²) in [5.41, 5.74) is 5.67. The van der Waals surface area contributed by atoms with E-state index in [4.69, 9.17) is 5.73 Å². The molecule has 3 heteroatoms. The van der Waals surface area contributed by atoms with Crippen LogP contribution in [0.25, 0.3) is 0 Å². The predicted molar refractivity (Wildman–Crippen MR) is 50.4 cm³/mol. The second-order valence-electron chi connectivity index (χ2n) is 2.92. The van der Waals surface area contributed by atoms with Crippen LogP contribution < -0.4 is 11.1 Å². The van der Waals surface area contributed by atoms with Crippen molar-refractivity contribution in [2.75, 3.05) is 0 Å². The molecule has 0 unspecified atom stereocenters. The summed E-state index contributed by atoms with van der Waals surface area (Å²) in [4.78, 5) is 11.2. The van der Waals surface area contributed by atoms with Crippen LogP contribution in [0.2, 0.25) is 0 Å². The Morgan fingerprint density at radius 1 is 1.67 bits per heavy atom. The molecule has 0 aliphatic heterocycles. The molecule has 0 aromatic rings. The first-order valence-corrected chi connectivity index (χ1v) is 4.30. The number of rotatable bonds is 4. The van der Waals surface area contributed by atoms with Crippen LogP contribution >= 0.6 is 0 Å². The molecule has 12 heavy (non-hydrogen) atoms. The van der Waals surface area contributed by atoms with Crippen LogP contribution in [0.15, 0.2) is 12.3 Å². The van der Waals surface area contributed by atoms with E-state index in [9.17, 15) is 4.79 Å². The van der Waals surface area contributed by atoms with E-state index in [1.165, 1.54) is 0 Å². The zero-order valence-electron chi connectivity index (χ0n) is 8.00. The van der Waals surface area contributed by atoms with Crippen LogP contribution in [0.1, 0.15) is 27.2 Å². The monoisotopic (exact) mass is 170 g/mol. The lowest BCUT2D eigenvalue weighted by molar-refractivity contribution is -0.122. The van der Waals surface area contributed by atoms with E-state index in [1.54, 1.807) is 12.3 Å². The highest BCUT2D eigenvalue weighted by atomic mass is 16.2. The first-order valence-electron chi connectivity index (χ1n) is 4.30. The fraction of sp³-hybridized carbons (Fsp3) is 0.667. The fourth-order valence-corrected chi connectivity index (χ4v) is 0.774. The van der Waals surface area contributed by atoms with Crippen molar-refractivity contribution in [1.29, 1.82) is 0 Å². The zero-order valence-corrected chi connectivity index (χ0v) is 8.00. The topological polar surface area (TPSA) is 55.1 Å². The van der Waals surface area contributed by atoms with E-state index < -0.39 is 6.04 Å². The molecule has 0 aliphatic rings. The maximum Gasteiger partial charge on any atom is 0.241 e. The first kappa shape index (κ1) is 11.2. The van der Waals surface area contributed by atoms with E-state index >= 15 is 0 Å². The quantitative estimate of drug-likeness (QED) is 0.661. The lowest BCUT2D eigenvalue weighted by Crippen LogP contribution is -2.42. The Balaban J connectivity index is 3.92. The normalized spacial score (nSPS) is 16.0. The van der Waals surface area contributed by atoms with Gasteiger partial charge in [0.15, 0.2) is 0 Å². The fourth-order valence-electron chi connectivity index (χ4n) is 0.774. The van der Waals surface area contributed by atoms with Crippen LogP contribution in [0.3, 0.4) is 0 Å². The third-order valence-corrected chi connectivity index (χ3v) is 1.95. The van der Waals surface area contributed by atoms with Crippen molar-refractivity contribution in [3.05, 3.63) is 12.3 Å². The molecule has 3 N–H and O–H groups in total. The molecule has 0 radical (unpaired) electrons. The average molecular weight is 170 g/mol. The standard InChI is InChI=1S/C9H18N2O/c1-4-6-11-9(12)8(10)7(3)5-2/h4,6-8H,5,10H2,1-3H3,(H,11,12)/b6-4+/t7-,8-/m0/s1. The molecule has 70 valence electrons. The maximum absolute atomic E-state index is 11.2. The third-order valence-electron chi connectivity index (χ3n) is 1.95. The highest BCUT2D eigenvalue weighted by Gasteiger charge is 2.17. The van der Waals surface area contributed by atoms with Gasteiger partial charge in [-0.05, 0) is 19.0 Å². The lowest BCUT2D eigenvalue weighted by Gasteiger charge is -2.15. The van der Waals surface area contributed by atoms with Crippen LogP contribution in [0, 0.1) is 5.92 Å². The average Bonchev–Trinajstić information content (AvgIpc) is 2.11. The molecule has 1 amide bonds. The maximum atomic E-state index is 11.2. The Kier molecular flexibility index (Phi) is 5.37. The second-order valence-corrected chi connectivity index (χ2v) is 2.92.